The van der Waals surface area contributed by atoms with Gasteiger partial charge in [0.2, 0.25) is 0 Å². The van der Waals surface area contributed by atoms with Crippen LogP contribution in [0.3, 0.4) is 0 Å². The Morgan fingerprint density at radius 3 is 1.90 bits per heavy atom. The van der Waals surface area contributed by atoms with Crippen LogP contribution in [0.5, 0.6) is 0 Å². The normalized spacial score (nSPS) is 13.2. The molecule has 0 aromatic heterocycles. The zero-order valence-electron chi connectivity index (χ0n) is 10.6. The molecule has 0 aliphatic rings. The zero-order chi connectivity index (χ0) is 15.6. The van der Waals surface area contributed by atoms with E-state index < -0.39 is 17.1 Å². The number of rotatable bonds is 3. The van der Waals surface area contributed by atoms with Gasteiger partial charge in [0, 0.05) is 10.0 Å². The molecule has 0 fully saturated rings. The Morgan fingerprint density at radius 1 is 0.905 bits per heavy atom. The number of hydrogen-bond acceptors (Lipinski definition) is 0. The standard InChI is InChI=1S/C15H10Cl3F3/c16-12-6-10(7-13(17)8-12)14(18)5-9-1-3-11(4-2-9)15(19,20)21/h1-4,6-8,14H,5H2. The van der Waals surface area contributed by atoms with Gasteiger partial charge in [0.05, 0.1) is 10.9 Å². The first-order valence-corrected chi connectivity index (χ1v) is 7.21. The van der Waals surface area contributed by atoms with Crippen molar-refractivity contribution < 1.29 is 13.2 Å². The zero-order valence-corrected chi connectivity index (χ0v) is 12.9. The van der Waals surface area contributed by atoms with Gasteiger partial charge in [-0.05, 0) is 47.9 Å². The third-order valence-electron chi connectivity index (χ3n) is 2.94. The van der Waals surface area contributed by atoms with Crippen LogP contribution in [-0.2, 0) is 12.6 Å². The third kappa shape index (κ3) is 4.53. The highest BCUT2D eigenvalue weighted by molar-refractivity contribution is 6.35. The Labute approximate surface area is 135 Å². The van der Waals surface area contributed by atoms with Crippen LogP contribution in [0.25, 0.3) is 0 Å². The van der Waals surface area contributed by atoms with Crippen molar-refractivity contribution in [2.45, 2.75) is 18.0 Å². The first-order valence-electron chi connectivity index (χ1n) is 6.02. The largest absolute Gasteiger partial charge is 0.416 e. The van der Waals surface area contributed by atoms with Crippen LogP contribution in [0.15, 0.2) is 42.5 Å². The van der Waals surface area contributed by atoms with Crippen molar-refractivity contribution in [1.29, 1.82) is 0 Å². The number of alkyl halides is 4. The van der Waals surface area contributed by atoms with Gasteiger partial charge in [-0.1, -0.05) is 35.3 Å². The fraction of sp³-hybridized carbons (Fsp3) is 0.200. The van der Waals surface area contributed by atoms with E-state index in [-0.39, 0.29) is 0 Å². The molecule has 0 nitrogen and oxygen atoms in total. The Bertz CT molecular complexity index is 601. The molecule has 0 saturated carbocycles. The first kappa shape index (κ1) is 16.5. The van der Waals surface area contributed by atoms with E-state index in [1.54, 1.807) is 18.2 Å². The molecule has 21 heavy (non-hydrogen) atoms. The smallest absolute Gasteiger partial charge is 0.166 e. The summed E-state index contributed by atoms with van der Waals surface area (Å²) in [6, 6.07) is 9.90. The average molecular weight is 354 g/mol. The van der Waals surface area contributed by atoms with E-state index in [9.17, 15) is 13.2 Å². The fourth-order valence-corrected chi connectivity index (χ4v) is 2.76. The Hall–Kier alpha value is -0.900. The van der Waals surface area contributed by atoms with E-state index in [4.69, 9.17) is 34.8 Å². The fourth-order valence-electron chi connectivity index (χ4n) is 1.91. The SMILES string of the molecule is FC(F)(F)c1ccc(CC(Cl)c2cc(Cl)cc(Cl)c2)cc1. The Kier molecular flexibility index (Phi) is 5.07. The molecular formula is C15H10Cl3F3. The Morgan fingerprint density at radius 2 is 1.43 bits per heavy atom. The molecule has 2 rings (SSSR count). The molecule has 112 valence electrons. The maximum absolute atomic E-state index is 12.5. The summed E-state index contributed by atoms with van der Waals surface area (Å²) in [7, 11) is 0. The van der Waals surface area contributed by atoms with Crippen LogP contribution < -0.4 is 0 Å². The molecule has 0 aliphatic heterocycles. The van der Waals surface area contributed by atoms with Gasteiger partial charge in [-0.2, -0.15) is 13.2 Å². The van der Waals surface area contributed by atoms with Gasteiger partial charge in [-0.25, -0.2) is 0 Å². The van der Waals surface area contributed by atoms with E-state index in [1.165, 1.54) is 12.1 Å². The summed E-state index contributed by atoms with van der Waals surface area (Å²) in [5.41, 5.74) is 0.760. The van der Waals surface area contributed by atoms with Gasteiger partial charge >= 0.3 is 6.18 Å². The predicted octanol–water partition coefficient (Wildman–Crippen LogP) is 6.53. The van der Waals surface area contributed by atoms with Crippen molar-refractivity contribution in [3.05, 3.63) is 69.2 Å². The van der Waals surface area contributed by atoms with Crippen LogP contribution in [0.1, 0.15) is 22.1 Å². The summed E-state index contributed by atoms with van der Waals surface area (Å²) in [4.78, 5) is 0. The lowest BCUT2D eigenvalue weighted by molar-refractivity contribution is -0.137. The molecule has 0 amide bonds. The lowest BCUT2D eigenvalue weighted by Gasteiger charge is -2.12. The van der Waals surface area contributed by atoms with Crippen molar-refractivity contribution in [2.75, 3.05) is 0 Å². The highest BCUT2D eigenvalue weighted by Gasteiger charge is 2.30. The predicted molar refractivity (Wildman–Crippen MR) is 80.2 cm³/mol. The van der Waals surface area contributed by atoms with Crippen molar-refractivity contribution >= 4 is 34.8 Å². The van der Waals surface area contributed by atoms with Crippen LogP contribution in [0.4, 0.5) is 13.2 Å². The topological polar surface area (TPSA) is 0 Å². The van der Waals surface area contributed by atoms with Gasteiger partial charge < -0.3 is 0 Å². The summed E-state index contributed by atoms with van der Waals surface area (Å²) >= 11 is 18.1. The summed E-state index contributed by atoms with van der Waals surface area (Å²) in [6.07, 6.45) is -3.95. The second-order valence-electron chi connectivity index (χ2n) is 4.57. The molecular weight excluding hydrogens is 344 g/mol. The van der Waals surface area contributed by atoms with Crippen LogP contribution in [0.2, 0.25) is 10.0 Å². The van der Waals surface area contributed by atoms with E-state index in [0.717, 1.165) is 17.7 Å². The van der Waals surface area contributed by atoms with Gasteiger partial charge in [-0.15, -0.1) is 11.6 Å². The van der Waals surface area contributed by atoms with Crippen molar-refractivity contribution in [2.24, 2.45) is 0 Å². The van der Waals surface area contributed by atoms with Gasteiger partial charge in [-0.3, -0.25) is 0 Å². The molecule has 0 saturated heterocycles. The van der Waals surface area contributed by atoms with Crippen LogP contribution in [0, 0.1) is 0 Å². The number of benzene rings is 2. The lowest BCUT2D eigenvalue weighted by atomic mass is 10.0. The van der Waals surface area contributed by atoms with Crippen molar-refractivity contribution in [3.63, 3.8) is 0 Å². The molecule has 0 bridgehead atoms. The summed E-state index contributed by atoms with van der Waals surface area (Å²) in [6.45, 7) is 0. The van der Waals surface area contributed by atoms with Gasteiger partial charge in [0.25, 0.3) is 0 Å². The quantitative estimate of drug-likeness (QED) is 0.550. The summed E-state index contributed by atoms with van der Waals surface area (Å²) in [5, 5.41) is 0.518. The minimum absolute atomic E-state index is 0.385. The molecule has 2 aromatic carbocycles. The molecule has 0 spiro atoms. The second-order valence-corrected chi connectivity index (χ2v) is 5.97. The second kappa shape index (κ2) is 6.47. The highest BCUT2D eigenvalue weighted by atomic mass is 35.5. The van der Waals surface area contributed by atoms with Crippen molar-refractivity contribution in [1.82, 2.24) is 0 Å². The van der Waals surface area contributed by atoms with Crippen LogP contribution in [-0.4, -0.2) is 0 Å². The van der Waals surface area contributed by atoms with Crippen molar-refractivity contribution in [3.8, 4) is 0 Å². The van der Waals surface area contributed by atoms with E-state index in [1.807, 2.05) is 0 Å². The molecule has 0 radical (unpaired) electrons. The molecule has 0 heterocycles. The molecule has 2 aromatic rings. The molecule has 0 N–H and O–H groups in total. The van der Waals surface area contributed by atoms with Crippen LogP contribution >= 0.6 is 34.8 Å². The minimum atomic E-state index is -4.33. The molecule has 1 unspecified atom stereocenters. The first-order chi connectivity index (χ1) is 9.75. The van der Waals surface area contributed by atoms with Gasteiger partial charge in [0.15, 0.2) is 0 Å². The van der Waals surface area contributed by atoms with E-state index in [0.29, 0.717) is 22.0 Å². The van der Waals surface area contributed by atoms with Gasteiger partial charge in [0.1, 0.15) is 0 Å². The summed E-state index contributed by atoms with van der Waals surface area (Å²) in [5.74, 6) is 0. The monoisotopic (exact) mass is 352 g/mol. The highest BCUT2D eigenvalue weighted by Crippen LogP contribution is 2.32. The number of halogens is 6. The molecule has 6 heteroatoms. The van der Waals surface area contributed by atoms with E-state index in [2.05, 4.69) is 0 Å². The number of hydrogen-bond donors (Lipinski definition) is 0. The minimum Gasteiger partial charge on any atom is -0.166 e. The average Bonchev–Trinajstić information content (AvgIpc) is 2.37. The Balaban J connectivity index is 2.14. The lowest BCUT2D eigenvalue weighted by Crippen LogP contribution is -2.05. The third-order valence-corrected chi connectivity index (χ3v) is 3.79. The summed E-state index contributed by atoms with van der Waals surface area (Å²) < 4.78 is 37.4. The maximum atomic E-state index is 12.5. The van der Waals surface area contributed by atoms with E-state index >= 15 is 0 Å². The maximum Gasteiger partial charge on any atom is 0.416 e. The molecule has 0 aliphatic carbocycles. The molecule has 1 atom stereocenters.